The Balaban J connectivity index is 1.86. The number of rotatable bonds is 15. The molecule has 0 spiro atoms. The molecule has 1 saturated carbocycles. The van der Waals surface area contributed by atoms with Gasteiger partial charge in [0, 0.05) is 12.8 Å². The summed E-state index contributed by atoms with van der Waals surface area (Å²) in [6, 6.07) is 0. The maximum Gasteiger partial charge on any atom is 0.305 e. The Morgan fingerprint density at radius 3 is 2.36 bits per heavy atom. The summed E-state index contributed by atoms with van der Waals surface area (Å²) in [5.74, 6) is -0.0887. The van der Waals surface area contributed by atoms with Crippen LogP contribution in [-0.2, 0) is 23.4 Å². The van der Waals surface area contributed by atoms with Crippen LogP contribution in [0.25, 0.3) is 0 Å². The van der Waals surface area contributed by atoms with Gasteiger partial charge < -0.3 is 23.7 Å². The lowest BCUT2D eigenvalue weighted by Crippen LogP contribution is -2.46. The molecular formula is C26H50O6Si. The van der Waals surface area contributed by atoms with Gasteiger partial charge in [0.15, 0.2) is 8.32 Å². The third kappa shape index (κ3) is 9.24. The highest BCUT2D eigenvalue weighted by atomic mass is 28.4. The van der Waals surface area contributed by atoms with Crippen molar-refractivity contribution in [2.45, 2.75) is 147 Å². The first-order valence-electron chi connectivity index (χ1n) is 13.2. The molecule has 4 atom stereocenters. The summed E-state index contributed by atoms with van der Waals surface area (Å²) >= 11 is 0. The Hall–Kier alpha value is -0.473. The average Bonchev–Trinajstić information content (AvgIpc) is 3.32. The van der Waals surface area contributed by atoms with Gasteiger partial charge in [0.25, 0.3) is 0 Å². The molecule has 33 heavy (non-hydrogen) atoms. The van der Waals surface area contributed by atoms with Crippen LogP contribution in [-0.4, -0.2) is 62.6 Å². The minimum absolute atomic E-state index is 0.0136. The third-order valence-electron chi connectivity index (χ3n) is 7.64. The van der Waals surface area contributed by atoms with Crippen LogP contribution in [0.5, 0.6) is 0 Å². The predicted molar refractivity (Wildman–Crippen MR) is 134 cm³/mol. The van der Waals surface area contributed by atoms with E-state index >= 15 is 0 Å². The van der Waals surface area contributed by atoms with E-state index in [1.165, 1.54) is 0 Å². The van der Waals surface area contributed by atoms with Crippen molar-refractivity contribution in [1.29, 1.82) is 0 Å². The average molecular weight is 487 g/mol. The fourth-order valence-corrected chi connectivity index (χ4v) is 5.55. The van der Waals surface area contributed by atoms with E-state index in [9.17, 15) is 9.90 Å². The van der Waals surface area contributed by atoms with Gasteiger partial charge in [-0.05, 0) is 57.7 Å². The highest BCUT2D eigenvalue weighted by Gasteiger charge is 2.48. The molecule has 1 saturated heterocycles. The lowest BCUT2D eigenvalue weighted by molar-refractivity contribution is -0.143. The lowest BCUT2D eigenvalue weighted by atomic mass is 10.0. The van der Waals surface area contributed by atoms with E-state index in [1.807, 2.05) is 6.92 Å². The standard InChI is InChI=1S/C26H50O6Si/c1-8-29-24(28)15-13-11-9-10-12-14-20-22(32-33(6,7)25(2,3)4)18-21(30-20)23(19-27)31-26(5)16-17-26/h20-23,27H,8-19H2,1-7H3/t20-,21-,22+,23+/m1/s1. The van der Waals surface area contributed by atoms with E-state index in [0.29, 0.717) is 13.0 Å². The summed E-state index contributed by atoms with van der Waals surface area (Å²) in [5.41, 5.74) is -0.0891. The molecule has 0 unspecified atom stereocenters. The van der Waals surface area contributed by atoms with Crippen molar-refractivity contribution in [3.8, 4) is 0 Å². The Morgan fingerprint density at radius 2 is 1.79 bits per heavy atom. The second kappa shape index (κ2) is 12.5. The molecule has 0 amide bonds. The van der Waals surface area contributed by atoms with Crippen LogP contribution in [0.2, 0.25) is 18.1 Å². The number of aliphatic hydroxyl groups excluding tert-OH is 1. The van der Waals surface area contributed by atoms with Crippen molar-refractivity contribution in [2.75, 3.05) is 13.2 Å². The number of ether oxygens (including phenoxy) is 3. The largest absolute Gasteiger partial charge is 0.466 e. The topological polar surface area (TPSA) is 74.2 Å². The quantitative estimate of drug-likeness (QED) is 0.180. The fourth-order valence-electron chi connectivity index (χ4n) is 4.19. The van der Waals surface area contributed by atoms with Crippen LogP contribution in [0.3, 0.4) is 0 Å². The van der Waals surface area contributed by atoms with Crippen molar-refractivity contribution >= 4 is 14.3 Å². The highest BCUT2D eigenvalue weighted by molar-refractivity contribution is 6.74. The van der Waals surface area contributed by atoms with Crippen LogP contribution >= 0.6 is 0 Å². The first-order valence-corrected chi connectivity index (χ1v) is 16.1. The molecule has 1 aliphatic heterocycles. The number of hydrogen-bond acceptors (Lipinski definition) is 6. The predicted octanol–water partition coefficient (Wildman–Crippen LogP) is 5.76. The number of unbranched alkanes of at least 4 members (excludes halogenated alkanes) is 4. The van der Waals surface area contributed by atoms with E-state index in [4.69, 9.17) is 18.6 Å². The van der Waals surface area contributed by atoms with Gasteiger partial charge in [-0.15, -0.1) is 0 Å². The Labute approximate surface area is 203 Å². The van der Waals surface area contributed by atoms with E-state index in [-0.39, 0.29) is 47.6 Å². The van der Waals surface area contributed by atoms with Gasteiger partial charge >= 0.3 is 5.97 Å². The first kappa shape index (κ1) is 28.8. The van der Waals surface area contributed by atoms with Crippen LogP contribution in [0.4, 0.5) is 0 Å². The summed E-state index contributed by atoms with van der Waals surface area (Å²) in [6.45, 7) is 15.8. The molecule has 2 rings (SSSR count). The SMILES string of the molecule is CCOC(=O)CCCCCCC[C@H]1O[C@@H]([C@H](CO)OC2(C)CC2)C[C@@H]1O[Si](C)(C)C(C)(C)C. The van der Waals surface area contributed by atoms with Gasteiger partial charge in [0.1, 0.15) is 6.10 Å². The van der Waals surface area contributed by atoms with Crippen molar-refractivity contribution in [3.63, 3.8) is 0 Å². The van der Waals surface area contributed by atoms with Gasteiger partial charge in [0.05, 0.1) is 37.1 Å². The maximum atomic E-state index is 11.5. The highest BCUT2D eigenvalue weighted by Crippen LogP contribution is 2.43. The van der Waals surface area contributed by atoms with Crippen LogP contribution in [0.1, 0.15) is 98.8 Å². The monoisotopic (exact) mass is 486 g/mol. The minimum atomic E-state index is -1.93. The lowest BCUT2D eigenvalue weighted by Gasteiger charge is -2.39. The minimum Gasteiger partial charge on any atom is -0.466 e. The molecule has 194 valence electrons. The second-order valence-electron chi connectivity index (χ2n) is 11.8. The molecule has 6 nitrogen and oxygen atoms in total. The Kier molecular flexibility index (Phi) is 10.9. The van der Waals surface area contributed by atoms with E-state index < -0.39 is 8.32 Å². The molecule has 0 aromatic heterocycles. The first-order chi connectivity index (χ1) is 15.4. The number of hydrogen-bond donors (Lipinski definition) is 1. The van der Waals surface area contributed by atoms with E-state index in [2.05, 4.69) is 40.8 Å². The normalized spacial score (nSPS) is 25.8. The number of aliphatic hydroxyl groups is 1. The van der Waals surface area contributed by atoms with Gasteiger partial charge in [0.2, 0.25) is 0 Å². The zero-order valence-electron chi connectivity index (χ0n) is 22.3. The summed E-state index contributed by atoms with van der Waals surface area (Å²) < 4.78 is 24.5. The molecule has 1 N–H and O–H groups in total. The van der Waals surface area contributed by atoms with Crippen LogP contribution < -0.4 is 0 Å². The Bertz CT molecular complexity index is 598. The van der Waals surface area contributed by atoms with Crippen molar-refractivity contribution < 1.29 is 28.5 Å². The Morgan fingerprint density at radius 1 is 1.15 bits per heavy atom. The van der Waals surface area contributed by atoms with Crippen molar-refractivity contribution in [3.05, 3.63) is 0 Å². The zero-order chi connectivity index (χ0) is 24.7. The number of esters is 1. The molecule has 0 aromatic carbocycles. The van der Waals surface area contributed by atoms with Gasteiger partial charge in [-0.25, -0.2) is 0 Å². The summed E-state index contributed by atoms with van der Waals surface area (Å²) in [6.07, 6.45) is 9.36. The van der Waals surface area contributed by atoms with Crippen LogP contribution in [0.15, 0.2) is 0 Å². The van der Waals surface area contributed by atoms with Crippen molar-refractivity contribution in [2.24, 2.45) is 0 Å². The summed E-state index contributed by atoms with van der Waals surface area (Å²) in [5, 5.41) is 10.2. The fraction of sp³-hybridized carbons (Fsp3) is 0.962. The van der Waals surface area contributed by atoms with Crippen molar-refractivity contribution in [1.82, 2.24) is 0 Å². The molecule has 0 radical (unpaired) electrons. The third-order valence-corrected chi connectivity index (χ3v) is 12.1. The molecule has 0 aromatic rings. The number of carbonyl (C=O) groups excluding carboxylic acids is 1. The molecule has 1 aliphatic carbocycles. The molecule has 0 bridgehead atoms. The molecule has 2 aliphatic rings. The summed E-state index contributed by atoms with van der Waals surface area (Å²) in [7, 11) is -1.93. The van der Waals surface area contributed by atoms with E-state index in [1.54, 1.807) is 0 Å². The molecule has 2 fully saturated rings. The second-order valence-corrected chi connectivity index (χ2v) is 16.5. The van der Waals surface area contributed by atoms with Gasteiger partial charge in [-0.1, -0.05) is 46.5 Å². The van der Waals surface area contributed by atoms with Gasteiger partial charge in [-0.3, -0.25) is 4.79 Å². The maximum absolute atomic E-state index is 11.5. The molecule has 1 heterocycles. The summed E-state index contributed by atoms with van der Waals surface area (Å²) in [4.78, 5) is 11.5. The molecular weight excluding hydrogens is 436 g/mol. The smallest absolute Gasteiger partial charge is 0.305 e. The number of carbonyl (C=O) groups is 1. The zero-order valence-corrected chi connectivity index (χ0v) is 23.3. The van der Waals surface area contributed by atoms with Crippen LogP contribution in [0, 0.1) is 0 Å². The molecule has 7 heteroatoms. The van der Waals surface area contributed by atoms with Gasteiger partial charge in [-0.2, -0.15) is 0 Å². The van der Waals surface area contributed by atoms with E-state index in [0.717, 1.165) is 57.8 Å².